The van der Waals surface area contributed by atoms with Gasteiger partial charge in [-0.2, -0.15) is 18.3 Å². The molecule has 158 valence electrons. The Bertz CT molecular complexity index is 842. The number of rotatable bonds is 6. The second kappa shape index (κ2) is 8.86. The quantitative estimate of drug-likeness (QED) is 0.794. The van der Waals surface area contributed by atoms with Crippen LogP contribution in [-0.4, -0.2) is 53.9 Å². The standard InChI is InChI=1S/C20H25F3N4O2/c1-14-6-9-26(10-7-14)11-8-24-19(28)18-17(29-2)13-27(25-18)16-5-3-4-15(12-16)20(21,22)23/h3-5,12-14H,6-11H2,1-2H3,(H,24,28). The van der Waals surface area contributed by atoms with E-state index in [0.29, 0.717) is 6.54 Å². The number of alkyl halides is 3. The molecule has 2 aromatic rings. The molecule has 1 aromatic carbocycles. The number of ether oxygens (including phenoxy) is 1. The van der Waals surface area contributed by atoms with Crippen molar-refractivity contribution >= 4 is 5.91 Å². The predicted octanol–water partition coefficient (Wildman–Crippen LogP) is 3.36. The summed E-state index contributed by atoms with van der Waals surface area (Å²) >= 11 is 0. The number of carbonyl (C=O) groups excluding carboxylic acids is 1. The lowest BCUT2D eigenvalue weighted by atomic mass is 9.99. The van der Waals surface area contributed by atoms with E-state index in [1.807, 2.05) is 0 Å². The minimum Gasteiger partial charge on any atom is -0.493 e. The van der Waals surface area contributed by atoms with E-state index >= 15 is 0 Å². The highest BCUT2D eigenvalue weighted by molar-refractivity contribution is 5.94. The van der Waals surface area contributed by atoms with Crippen molar-refractivity contribution in [3.05, 3.63) is 41.7 Å². The summed E-state index contributed by atoms with van der Waals surface area (Å²) in [6.07, 6.45) is -0.748. The first-order valence-corrected chi connectivity index (χ1v) is 9.59. The van der Waals surface area contributed by atoms with E-state index in [9.17, 15) is 18.0 Å². The van der Waals surface area contributed by atoms with Gasteiger partial charge in [0, 0.05) is 13.1 Å². The molecular formula is C20H25F3N4O2. The van der Waals surface area contributed by atoms with Gasteiger partial charge in [-0.1, -0.05) is 13.0 Å². The summed E-state index contributed by atoms with van der Waals surface area (Å²) < 4.78 is 45.3. The van der Waals surface area contributed by atoms with E-state index in [0.717, 1.165) is 50.5 Å². The fourth-order valence-electron chi connectivity index (χ4n) is 3.32. The first-order valence-electron chi connectivity index (χ1n) is 9.59. The van der Waals surface area contributed by atoms with E-state index in [-0.39, 0.29) is 17.1 Å². The van der Waals surface area contributed by atoms with Gasteiger partial charge in [-0.15, -0.1) is 0 Å². The Morgan fingerprint density at radius 2 is 2.03 bits per heavy atom. The normalized spacial score (nSPS) is 16.0. The van der Waals surface area contributed by atoms with Crippen molar-refractivity contribution in [1.82, 2.24) is 20.0 Å². The van der Waals surface area contributed by atoms with Gasteiger partial charge < -0.3 is 15.0 Å². The molecular weight excluding hydrogens is 385 g/mol. The Morgan fingerprint density at radius 1 is 1.31 bits per heavy atom. The molecule has 1 aromatic heterocycles. The van der Waals surface area contributed by atoms with Crippen LogP contribution in [0.15, 0.2) is 30.5 Å². The van der Waals surface area contributed by atoms with Gasteiger partial charge in [0.1, 0.15) is 0 Å². The topological polar surface area (TPSA) is 59.4 Å². The average Bonchev–Trinajstić information content (AvgIpc) is 3.13. The molecule has 0 atom stereocenters. The number of methoxy groups -OCH3 is 1. The molecule has 1 saturated heterocycles. The lowest BCUT2D eigenvalue weighted by Crippen LogP contribution is -2.39. The van der Waals surface area contributed by atoms with Crippen molar-refractivity contribution in [1.29, 1.82) is 0 Å². The van der Waals surface area contributed by atoms with E-state index in [2.05, 4.69) is 22.2 Å². The van der Waals surface area contributed by atoms with Gasteiger partial charge >= 0.3 is 6.18 Å². The Morgan fingerprint density at radius 3 is 2.69 bits per heavy atom. The van der Waals surface area contributed by atoms with E-state index in [1.165, 1.54) is 30.1 Å². The molecule has 29 heavy (non-hydrogen) atoms. The second-order valence-electron chi connectivity index (χ2n) is 7.32. The number of aromatic nitrogens is 2. The summed E-state index contributed by atoms with van der Waals surface area (Å²) in [4.78, 5) is 14.8. The van der Waals surface area contributed by atoms with E-state index in [1.54, 1.807) is 0 Å². The second-order valence-corrected chi connectivity index (χ2v) is 7.32. The minimum absolute atomic E-state index is 0.0391. The van der Waals surface area contributed by atoms with Gasteiger partial charge in [-0.3, -0.25) is 4.79 Å². The van der Waals surface area contributed by atoms with Gasteiger partial charge in [0.05, 0.1) is 24.6 Å². The van der Waals surface area contributed by atoms with Crippen LogP contribution in [0.3, 0.4) is 0 Å². The van der Waals surface area contributed by atoms with E-state index in [4.69, 9.17) is 4.74 Å². The van der Waals surface area contributed by atoms with Gasteiger partial charge in [-0.05, 0) is 50.0 Å². The van der Waals surface area contributed by atoms with Crippen molar-refractivity contribution in [3.63, 3.8) is 0 Å². The largest absolute Gasteiger partial charge is 0.493 e. The van der Waals surface area contributed by atoms with Crippen molar-refractivity contribution in [2.75, 3.05) is 33.3 Å². The van der Waals surface area contributed by atoms with Crippen LogP contribution < -0.4 is 10.1 Å². The van der Waals surface area contributed by atoms with Crippen LogP contribution in [0.1, 0.15) is 35.8 Å². The zero-order valence-corrected chi connectivity index (χ0v) is 16.5. The highest BCUT2D eigenvalue weighted by Crippen LogP contribution is 2.30. The Hall–Kier alpha value is -2.55. The summed E-state index contributed by atoms with van der Waals surface area (Å²) in [5, 5.41) is 6.96. The smallest absolute Gasteiger partial charge is 0.416 e. The lowest BCUT2D eigenvalue weighted by Gasteiger charge is -2.30. The molecule has 0 spiro atoms. The summed E-state index contributed by atoms with van der Waals surface area (Å²) in [6.45, 7) is 5.49. The number of likely N-dealkylation sites (tertiary alicyclic amines) is 1. The Balaban J connectivity index is 1.67. The van der Waals surface area contributed by atoms with Gasteiger partial charge in [-0.25, -0.2) is 4.68 Å². The number of hydrogen-bond donors (Lipinski definition) is 1. The van der Waals surface area contributed by atoms with E-state index < -0.39 is 17.6 Å². The fourth-order valence-corrected chi connectivity index (χ4v) is 3.32. The zero-order chi connectivity index (χ0) is 21.0. The van der Waals surface area contributed by atoms with Gasteiger partial charge in [0.2, 0.25) is 0 Å². The van der Waals surface area contributed by atoms with Gasteiger partial charge in [0.15, 0.2) is 11.4 Å². The summed E-state index contributed by atoms with van der Waals surface area (Å²) in [7, 11) is 1.39. The number of nitrogens with one attached hydrogen (secondary N) is 1. The number of benzene rings is 1. The molecule has 6 nitrogen and oxygen atoms in total. The zero-order valence-electron chi connectivity index (χ0n) is 16.5. The molecule has 1 fully saturated rings. The van der Waals surface area contributed by atoms with Crippen LogP contribution in [0, 0.1) is 5.92 Å². The SMILES string of the molecule is COc1cn(-c2cccc(C(F)(F)F)c2)nc1C(=O)NCCN1CCC(C)CC1. The molecule has 0 saturated carbocycles. The fraction of sp³-hybridized carbons (Fsp3) is 0.500. The lowest BCUT2D eigenvalue weighted by molar-refractivity contribution is -0.137. The number of piperidine rings is 1. The highest BCUT2D eigenvalue weighted by atomic mass is 19.4. The highest BCUT2D eigenvalue weighted by Gasteiger charge is 2.30. The maximum atomic E-state index is 13.0. The molecule has 1 aliphatic rings. The van der Waals surface area contributed by atoms with Crippen LogP contribution in [0.25, 0.3) is 5.69 Å². The summed E-state index contributed by atoms with van der Waals surface area (Å²) in [5.41, 5.74) is -0.553. The molecule has 0 bridgehead atoms. The van der Waals surface area contributed by atoms with Crippen molar-refractivity contribution in [2.45, 2.75) is 25.9 Å². The van der Waals surface area contributed by atoms with Crippen molar-refractivity contribution in [3.8, 4) is 11.4 Å². The minimum atomic E-state index is -4.46. The first-order chi connectivity index (χ1) is 13.8. The number of hydrogen-bond acceptors (Lipinski definition) is 4. The number of carbonyl (C=O) groups is 1. The molecule has 2 heterocycles. The van der Waals surface area contributed by atoms with Gasteiger partial charge in [0.25, 0.3) is 5.91 Å². The predicted molar refractivity (Wildman–Crippen MR) is 102 cm³/mol. The third kappa shape index (κ3) is 5.29. The molecule has 3 rings (SSSR count). The van der Waals surface area contributed by atoms with Crippen LogP contribution in [0.2, 0.25) is 0 Å². The Kier molecular flexibility index (Phi) is 6.46. The number of amides is 1. The van der Waals surface area contributed by atoms with Crippen LogP contribution in [-0.2, 0) is 6.18 Å². The molecule has 0 unspecified atom stereocenters. The van der Waals surface area contributed by atoms with Crippen LogP contribution in [0.5, 0.6) is 5.75 Å². The summed E-state index contributed by atoms with van der Waals surface area (Å²) in [6, 6.07) is 4.75. The average molecular weight is 410 g/mol. The molecule has 1 amide bonds. The number of nitrogens with zero attached hydrogens (tertiary/aromatic N) is 3. The molecule has 1 N–H and O–H groups in total. The molecule has 9 heteroatoms. The van der Waals surface area contributed by atoms with Crippen LogP contribution >= 0.6 is 0 Å². The monoisotopic (exact) mass is 410 g/mol. The van der Waals surface area contributed by atoms with Crippen molar-refractivity contribution in [2.24, 2.45) is 5.92 Å². The molecule has 0 radical (unpaired) electrons. The van der Waals surface area contributed by atoms with Crippen molar-refractivity contribution < 1.29 is 22.7 Å². The van der Waals surface area contributed by atoms with Crippen LogP contribution in [0.4, 0.5) is 13.2 Å². The first kappa shape index (κ1) is 21.2. The number of halogens is 3. The summed E-state index contributed by atoms with van der Waals surface area (Å²) in [5.74, 6) is 0.523. The molecule has 0 aliphatic carbocycles. The maximum absolute atomic E-state index is 13.0. The maximum Gasteiger partial charge on any atom is 0.416 e. The third-order valence-electron chi connectivity index (χ3n) is 5.14. The third-order valence-corrected chi connectivity index (χ3v) is 5.14. The Labute approximate surface area is 167 Å². The molecule has 1 aliphatic heterocycles.